The summed E-state index contributed by atoms with van der Waals surface area (Å²) in [6.45, 7) is 2.06. The molecule has 0 aromatic carbocycles. The number of unbranched alkanes of at least 4 members (excludes halogenated alkanes) is 1. The molecular weight excluding hydrogens is 208 g/mol. The lowest BCUT2D eigenvalue weighted by Gasteiger charge is -2.30. The van der Waals surface area contributed by atoms with E-state index in [0.29, 0.717) is 18.6 Å². The Hall–Kier alpha value is -0.870. The van der Waals surface area contributed by atoms with Gasteiger partial charge in [0.05, 0.1) is 18.1 Å². The van der Waals surface area contributed by atoms with Crippen molar-refractivity contribution in [2.75, 3.05) is 0 Å². The van der Waals surface area contributed by atoms with Crippen molar-refractivity contribution in [1.82, 2.24) is 0 Å². The average molecular weight is 226 g/mol. The Morgan fingerprint density at radius 3 is 2.88 bits per heavy atom. The Labute approximate surface area is 94.9 Å². The van der Waals surface area contributed by atoms with Crippen molar-refractivity contribution in [2.45, 2.75) is 44.8 Å². The number of aliphatic hydroxyl groups is 2. The summed E-state index contributed by atoms with van der Waals surface area (Å²) in [4.78, 5) is 11.6. The first kappa shape index (κ1) is 11.6. The van der Waals surface area contributed by atoms with E-state index in [2.05, 4.69) is 6.92 Å². The summed E-state index contributed by atoms with van der Waals surface area (Å²) in [6.07, 6.45) is 3.30. The molecule has 4 nitrogen and oxygen atoms in total. The highest BCUT2D eigenvalue weighted by atomic mass is 16.5. The van der Waals surface area contributed by atoms with Gasteiger partial charge < -0.3 is 14.9 Å². The first-order chi connectivity index (χ1) is 7.65. The topological polar surface area (TPSA) is 66.8 Å². The normalized spacial score (nSPS) is 40.9. The summed E-state index contributed by atoms with van der Waals surface area (Å²) in [5.74, 6) is -0.286. The molecule has 4 heteroatoms. The molecule has 2 rings (SSSR count). The number of carbonyl (C=O) groups excluding carboxylic acids is 1. The molecule has 1 saturated carbocycles. The Bertz CT molecular complexity index is 310. The second-order valence-corrected chi connectivity index (χ2v) is 4.58. The van der Waals surface area contributed by atoms with Gasteiger partial charge in [-0.25, -0.2) is 0 Å². The van der Waals surface area contributed by atoms with E-state index in [0.717, 1.165) is 12.8 Å². The molecule has 16 heavy (non-hydrogen) atoms. The molecule has 0 radical (unpaired) electrons. The number of ether oxygens (including phenoxy) is 1. The van der Waals surface area contributed by atoms with Crippen molar-refractivity contribution < 1.29 is 19.7 Å². The first-order valence-corrected chi connectivity index (χ1v) is 5.93. The lowest BCUT2D eigenvalue weighted by Crippen LogP contribution is -2.43. The van der Waals surface area contributed by atoms with Crippen molar-refractivity contribution in [3.63, 3.8) is 0 Å². The minimum Gasteiger partial charge on any atom is -0.431 e. The van der Waals surface area contributed by atoms with Gasteiger partial charge in [-0.15, -0.1) is 0 Å². The number of allylic oxidation sites excluding steroid dienone is 2. The summed E-state index contributed by atoms with van der Waals surface area (Å²) in [6, 6.07) is 0. The maximum absolute atomic E-state index is 11.6. The van der Waals surface area contributed by atoms with Gasteiger partial charge in [-0.1, -0.05) is 13.3 Å². The van der Waals surface area contributed by atoms with Crippen LogP contribution in [0.1, 0.15) is 32.6 Å². The monoisotopic (exact) mass is 226 g/mol. The number of esters is 1. The fourth-order valence-electron chi connectivity index (χ4n) is 2.54. The average Bonchev–Trinajstić information content (AvgIpc) is 2.58. The van der Waals surface area contributed by atoms with E-state index >= 15 is 0 Å². The van der Waals surface area contributed by atoms with Crippen molar-refractivity contribution in [1.29, 1.82) is 0 Å². The van der Waals surface area contributed by atoms with Gasteiger partial charge in [0.15, 0.2) is 0 Å². The highest BCUT2D eigenvalue weighted by Gasteiger charge is 2.50. The smallest absolute Gasteiger partial charge is 0.317 e. The van der Waals surface area contributed by atoms with Crippen LogP contribution in [0.5, 0.6) is 0 Å². The SMILES string of the molecule is CCCC=C1OC(=O)C2C1CCC(O)C2O. The van der Waals surface area contributed by atoms with Crippen LogP contribution in [0.3, 0.4) is 0 Å². The van der Waals surface area contributed by atoms with Crippen molar-refractivity contribution >= 4 is 5.97 Å². The molecular formula is C12H18O4. The number of carbonyl (C=O) groups is 1. The lowest BCUT2D eigenvalue weighted by molar-refractivity contribution is -0.147. The zero-order valence-electron chi connectivity index (χ0n) is 9.43. The van der Waals surface area contributed by atoms with Gasteiger partial charge in [-0.2, -0.15) is 0 Å². The predicted octanol–water partition coefficient (Wildman–Crippen LogP) is 0.975. The number of aliphatic hydroxyl groups excluding tert-OH is 2. The van der Waals surface area contributed by atoms with E-state index in [1.165, 1.54) is 0 Å². The predicted molar refractivity (Wildman–Crippen MR) is 57.3 cm³/mol. The summed E-state index contributed by atoms with van der Waals surface area (Å²) >= 11 is 0. The molecule has 0 bridgehead atoms. The van der Waals surface area contributed by atoms with Gasteiger partial charge in [0.2, 0.25) is 0 Å². The fourth-order valence-corrected chi connectivity index (χ4v) is 2.54. The number of rotatable bonds is 2. The summed E-state index contributed by atoms with van der Waals surface area (Å²) in [5.41, 5.74) is 0. The van der Waals surface area contributed by atoms with E-state index in [1.54, 1.807) is 0 Å². The number of fused-ring (bicyclic) bond motifs is 1. The molecule has 1 saturated heterocycles. The third-order valence-corrected chi connectivity index (χ3v) is 3.46. The van der Waals surface area contributed by atoms with Gasteiger partial charge in [-0.3, -0.25) is 4.79 Å². The molecule has 1 aliphatic heterocycles. The van der Waals surface area contributed by atoms with Gasteiger partial charge in [0.1, 0.15) is 5.76 Å². The fraction of sp³-hybridized carbons (Fsp3) is 0.750. The summed E-state index contributed by atoms with van der Waals surface area (Å²) in [5, 5.41) is 19.3. The molecule has 4 unspecified atom stereocenters. The van der Waals surface area contributed by atoms with Crippen molar-refractivity contribution in [3.8, 4) is 0 Å². The zero-order chi connectivity index (χ0) is 11.7. The van der Waals surface area contributed by atoms with Gasteiger partial charge in [0, 0.05) is 5.92 Å². The van der Waals surface area contributed by atoms with Crippen LogP contribution in [0.2, 0.25) is 0 Å². The van der Waals surface area contributed by atoms with Crippen LogP contribution in [0.15, 0.2) is 11.8 Å². The Morgan fingerprint density at radius 2 is 2.19 bits per heavy atom. The second kappa shape index (κ2) is 4.55. The standard InChI is InChI=1S/C12H18O4/c1-2-3-4-9-7-5-6-8(13)11(14)10(7)12(15)16-9/h4,7-8,10-11,13-14H,2-3,5-6H2,1H3. The van der Waals surface area contributed by atoms with Crippen molar-refractivity contribution in [3.05, 3.63) is 11.8 Å². The van der Waals surface area contributed by atoms with E-state index in [1.807, 2.05) is 6.08 Å². The maximum atomic E-state index is 11.6. The van der Waals surface area contributed by atoms with Gasteiger partial charge in [0.25, 0.3) is 0 Å². The largest absolute Gasteiger partial charge is 0.431 e. The summed E-state index contributed by atoms with van der Waals surface area (Å²) < 4.78 is 5.18. The number of cyclic esters (lactones) is 1. The Morgan fingerprint density at radius 1 is 1.44 bits per heavy atom. The Balaban J connectivity index is 2.17. The molecule has 1 aliphatic carbocycles. The van der Waals surface area contributed by atoms with E-state index in [4.69, 9.17) is 4.74 Å². The van der Waals surface area contributed by atoms with Gasteiger partial charge >= 0.3 is 5.97 Å². The van der Waals surface area contributed by atoms with Crippen LogP contribution in [0.25, 0.3) is 0 Å². The van der Waals surface area contributed by atoms with Crippen LogP contribution in [-0.4, -0.2) is 28.4 Å². The molecule has 0 aromatic rings. The molecule has 0 amide bonds. The first-order valence-electron chi connectivity index (χ1n) is 5.93. The van der Waals surface area contributed by atoms with Crippen LogP contribution in [0, 0.1) is 11.8 Å². The van der Waals surface area contributed by atoms with E-state index in [-0.39, 0.29) is 5.92 Å². The minimum absolute atomic E-state index is 0.0301. The maximum Gasteiger partial charge on any atom is 0.317 e. The van der Waals surface area contributed by atoms with Crippen LogP contribution in [-0.2, 0) is 9.53 Å². The highest BCUT2D eigenvalue weighted by molar-refractivity contribution is 5.78. The lowest BCUT2D eigenvalue weighted by atomic mass is 9.76. The third kappa shape index (κ3) is 1.87. The molecule has 2 aliphatic rings. The van der Waals surface area contributed by atoms with Crippen LogP contribution in [0.4, 0.5) is 0 Å². The molecule has 2 fully saturated rings. The van der Waals surface area contributed by atoms with E-state index < -0.39 is 24.1 Å². The van der Waals surface area contributed by atoms with E-state index in [9.17, 15) is 15.0 Å². The number of hydrogen-bond acceptors (Lipinski definition) is 4. The Kier molecular flexibility index (Phi) is 3.30. The molecule has 1 heterocycles. The second-order valence-electron chi connectivity index (χ2n) is 4.58. The quantitative estimate of drug-likeness (QED) is 0.689. The zero-order valence-corrected chi connectivity index (χ0v) is 9.43. The number of hydrogen-bond donors (Lipinski definition) is 2. The molecule has 0 aromatic heterocycles. The molecule has 90 valence electrons. The molecule has 0 spiro atoms. The van der Waals surface area contributed by atoms with Gasteiger partial charge in [-0.05, 0) is 25.3 Å². The van der Waals surface area contributed by atoms with Crippen molar-refractivity contribution in [2.24, 2.45) is 11.8 Å². The van der Waals surface area contributed by atoms with Crippen LogP contribution >= 0.6 is 0 Å². The minimum atomic E-state index is -0.973. The third-order valence-electron chi connectivity index (χ3n) is 3.46. The van der Waals surface area contributed by atoms with Crippen LogP contribution < -0.4 is 0 Å². The highest BCUT2D eigenvalue weighted by Crippen LogP contribution is 2.42. The molecule has 4 atom stereocenters. The summed E-state index contributed by atoms with van der Waals surface area (Å²) in [7, 11) is 0. The molecule has 2 N–H and O–H groups in total.